The zero-order valence-corrected chi connectivity index (χ0v) is 16.5. The summed E-state index contributed by atoms with van der Waals surface area (Å²) < 4.78 is 72.3. The molecule has 0 atom stereocenters. The summed E-state index contributed by atoms with van der Waals surface area (Å²) in [4.78, 5) is 12.7. The first kappa shape index (κ1) is 21.4. The van der Waals surface area contributed by atoms with E-state index in [9.17, 15) is 22.0 Å². The molecule has 4 aromatic rings. The minimum atomic E-state index is -4.51. The van der Waals surface area contributed by atoms with Gasteiger partial charge in [-0.2, -0.15) is 13.2 Å². The second kappa shape index (κ2) is 8.37. The zero-order chi connectivity index (χ0) is 22.9. The Hall–Kier alpha value is -3.82. The third-order valence-corrected chi connectivity index (χ3v) is 4.62. The smallest absolute Gasteiger partial charge is 0.405 e. The Kier molecular flexibility index (Phi) is 5.60. The normalized spacial score (nSPS) is 11.6. The van der Waals surface area contributed by atoms with E-state index in [0.29, 0.717) is 5.56 Å². The molecule has 0 radical (unpaired) electrons. The van der Waals surface area contributed by atoms with Gasteiger partial charge < -0.3 is 10.1 Å². The molecule has 164 valence electrons. The summed E-state index contributed by atoms with van der Waals surface area (Å²) in [5, 5.41) is 2.43. The van der Waals surface area contributed by atoms with E-state index in [1.165, 1.54) is 43.8 Å². The van der Waals surface area contributed by atoms with Crippen LogP contribution in [0.4, 0.5) is 27.8 Å². The highest BCUT2D eigenvalue weighted by Crippen LogP contribution is 2.37. The summed E-state index contributed by atoms with van der Waals surface area (Å²) in [6, 6.07) is 9.78. The predicted molar refractivity (Wildman–Crippen MR) is 109 cm³/mol. The Morgan fingerprint density at radius 1 is 1.00 bits per heavy atom. The first-order chi connectivity index (χ1) is 15.3. The van der Waals surface area contributed by atoms with Crippen molar-refractivity contribution in [3.8, 4) is 28.3 Å². The molecule has 0 saturated heterocycles. The molecule has 2 heterocycles. The number of aromatic nitrogens is 3. The van der Waals surface area contributed by atoms with Gasteiger partial charge in [0.15, 0.2) is 17.5 Å². The number of benzene rings is 2. The van der Waals surface area contributed by atoms with Crippen molar-refractivity contribution < 1.29 is 26.7 Å². The summed E-state index contributed by atoms with van der Waals surface area (Å²) in [5.74, 6) is -2.00. The molecular formula is C22H15F5N4O. The minimum absolute atomic E-state index is 0.0803. The van der Waals surface area contributed by atoms with Crippen molar-refractivity contribution in [2.24, 2.45) is 0 Å². The van der Waals surface area contributed by atoms with E-state index in [1.54, 1.807) is 12.1 Å². The molecular weight excluding hydrogens is 431 g/mol. The summed E-state index contributed by atoms with van der Waals surface area (Å²) in [6.45, 7) is -1.35. The molecule has 0 aliphatic heterocycles. The van der Waals surface area contributed by atoms with E-state index < -0.39 is 24.4 Å². The van der Waals surface area contributed by atoms with Gasteiger partial charge in [0.1, 0.15) is 23.6 Å². The van der Waals surface area contributed by atoms with Crippen LogP contribution in [0.5, 0.6) is 5.75 Å². The molecule has 0 unspecified atom stereocenters. The second-order valence-electron chi connectivity index (χ2n) is 6.78. The molecule has 0 bridgehead atoms. The molecule has 0 spiro atoms. The van der Waals surface area contributed by atoms with Gasteiger partial charge in [-0.15, -0.1) is 0 Å². The van der Waals surface area contributed by atoms with Crippen LogP contribution in [0.1, 0.15) is 0 Å². The molecule has 4 rings (SSSR count). The van der Waals surface area contributed by atoms with Crippen molar-refractivity contribution in [3.63, 3.8) is 0 Å². The van der Waals surface area contributed by atoms with Gasteiger partial charge in [-0.05, 0) is 35.9 Å². The monoisotopic (exact) mass is 446 g/mol. The van der Waals surface area contributed by atoms with Gasteiger partial charge in [-0.3, -0.25) is 4.98 Å². The average Bonchev–Trinajstić information content (AvgIpc) is 2.78. The lowest BCUT2D eigenvalue weighted by Crippen LogP contribution is -2.22. The molecule has 0 amide bonds. The lowest BCUT2D eigenvalue weighted by Gasteiger charge is -2.16. The fourth-order valence-corrected chi connectivity index (χ4v) is 3.18. The minimum Gasteiger partial charge on any atom is -0.494 e. The Bertz CT molecular complexity index is 1280. The van der Waals surface area contributed by atoms with Crippen LogP contribution in [0.15, 0.2) is 54.9 Å². The van der Waals surface area contributed by atoms with Gasteiger partial charge in [0.05, 0.1) is 7.11 Å². The van der Waals surface area contributed by atoms with E-state index in [4.69, 9.17) is 4.74 Å². The summed E-state index contributed by atoms with van der Waals surface area (Å²) in [5.41, 5.74) is 0.792. The number of nitrogens with one attached hydrogen (secondary N) is 1. The number of anilines is 1. The molecule has 1 N–H and O–H groups in total. The SMILES string of the molecule is COc1cc(-c2cccc(F)c2F)cc2c(NCC(F)(F)F)nc(-c3cccnc3)nc12. The zero-order valence-electron chi connectivity index (χ0n) is 16.5. The fraction of sp³-hybridized carbons (Fsp3) is 0.136. The summed E-state index contributed by atoms with van der Waals surface area (Å²) in [7, 11) is 1.34. The van der Waals surface area contributed by atoms with E-state index >= 15 is 0 Å². The van der Waals surface area contributed by atoms with Crippen molar-refractivity contribution in [1.82, 2.24) is 15.0 Å². The van der Waals surface area contributed by atoms with Gasteiger partial charge in [-0.25, -0.2) is 18.7 Å². The number of halogens is 5. The number of alkyl halides is 3. The molecule has 0 aliphatic rings. The number of ether oxygens (including phenoxy) is 1. The number of nitrogens with zero attached hydrogens (tertiary/aromatic N) is 3. The van der Waals surface area contributed by atoms with Crippen molar-refractivity contribution in [1.29, 1.82) is 0 Å². The lowest BCUT2D eigenvalue weighted by atomic mass is 10.0. The van der Waals surface area contributed by atoms with Crippen LogP contribution >= 0.6 is 0 Å². The first-order valence-electron chi connectivity index (χ1n) is 9.32. The van der Waals surface area contributed by atoms with Crippen LogP contribution in [0, 0.1) is 11.6 Å². The highest BCUT2D eigenvalue weighted by Gasteiger charge is 2.28. The molecule has 2 aromatic carbocycles. The standard InChI is InChI=1S/C22H15F5N4O/c1-32-17-9-13(14-5-2-6-16(23)18(14)24)8-15-19(17)30-20(12-4-3-7-28-10-12)31-21(15)29-11-22(25,26)27/h2-10H,11H2,1H3,(H,29,30,31). The van der Waals surface area contributed by atoms with Crippen molar-refractivity contribution in [2.45, 2.75) is 6.18 Å². The molecule has 5 nitrogen and oxygen atoms in total. The van der Waals surface area contributed by atoms with Crippen LogP contribution in [0.25, 0.3) is 33.4 Å². The third-order valence-electron chi connectivity index (χ3n) is 4.62. The van der Waals surface area contributed by atoms with E-state index in [1.807, 2.05) is 0 Å². The summed E-state index contributed by atoms with van der Waals surface area (Å²) >= 11 is 0. The highest BCUT2D eigenvalue weighted by molar-refractivity contribution is 5.98. The number of hydrogen-bond donors (Lipinski definition) is 1. The topological polar surface area (TPSA) is 59.9 Å². The van der Waals surface area contributed by atoms with Gasteiger partial charge in [0.25, 0.3) is 0 Å². The van der Waals surface area contributed by atoms with Crippen LogP contribution in [-0.4, -0.2) is 34.8 Å². The summed E-state index contributed by atoms with van der Waals surface area (Å²) in [6.07, 6.45) is -1.51. The molecule has 2 aromatic heterocycles. The number of pyridine rings is 1. The molecule has 10 heteroatoms. The Labute approximate surface area is 178 Å². The number of rotatable bonds is 5. The van der Waals surface area contributed by atoms with E-state index in [0.717, 1.165) is 6.07 Å². The second-order valence-corrected chi connectivity index (χ2v) is 6.78. The van der Waals surface area contributed by atoms with Crippen molar-refractivity contribution >= 4 is 16.7 Å². The third kappa shape index (κ3) is 4.29. The Balaban J connectivity index is 1.97. The van der Waals surface area contributed by atoms with Crippen molar-refractivity contribution in [3.05, 3.63) is 66.5 Å². The molecule has 0 aliphatic carbocycles. The van der Waals surface area contributed by atoms with Gasteiger partial charge >= 0.3 is 6.18 Å². The van der Waals surface area contributed by atoms with Crippen LogP contribution in [0.3, 0.4) is 0 Å². The Morgan fingerprint density at radius 3 is 2.50 bits per heavy atom. The average molecular weight is 446 g/mol. The Morgan fingerprint density at radius 2 is 1.81 bits per heavy atom. The first-order valence-corrected chi connectivity index (χ1v) is 9.32. The van der Waals surface area contributed by atoms with Gasteiger partial charge in [0, 0.05) is 28.9 Å². The fourth-order valence-electron chi connectivity index (χ4n) is 3.18. The van der Waals surface area contributed by atoms with Crippen LogP contribution in [-0.2, 0) is 0 Å². The van der Waals surface area contributed by atoms with Gasteiger partial charge in [0.2, 0.25) is 0 Å². The van der Waals surface area contributed by atoms with Crippen LogP contribution < -0.4 is 10.1 Å². The largest absolute Gasteiger partial charge is 0.494 e. The van der Waals surface area contributed by atoms with E-state index in [-0.39, 0.29) is 39.4 Å². The lowest BCUT2D eigenvalue weighted by molar-refractivity contribution is -0.115. The highest BCUT2D eigenvalue weighted by atomic mass is 19.4. The van der Waals surface area contributed by atoms with Crippen LogP contribution in [0.2, 0.25) is 0 Å². The number of methoxy groups -OCH3 is 1. The quantitative estimate of drug-likeness (QED) is 0.403. The predicted octanol–water partition coefficient (Wildman–Crippen LogP) is 5.62. The molecule has 0 saturated carbocycles. The number of hydrogen-bond acceptors (Lipinski definition) is 5. The van der Waals surface area contributed by atoms with Crippen molar-refractivity contribution in [2.75, 3.05) is 19.0 Å². The molecule has 32 heavy (non-hydrogen) atoms. The maximum Gasteiger partial charge on any atom is 0.405 e. The number of fused-ring (bicyclic) bond motifs is 1. The van der Waals surface area contributed by atoms with Gasteiger partial charge in [-0.1, -0.05) is 12.1 Å². The maximum absolute atomic E-state index is 14.4. The molecule has 0 fully saturated rings. The van der Waals surface area contributed by atoms with E-state index in [2.05, 4.69) is 20.3 Å². The maximum atomic E-state index is 14.4.